The number of halogens is 3. The number of carbonyl (C=O) groups excluding carboxylic acids is 1. The molecule has 0 saturated heterocycles. The predicted molar refractivity (Wildman–Crippen MR) is 110 cm³/mol. The Balaban J connectivity index is 1.84. The Morgan fingerprint density at radius 1 is 0.846 bits per heavy atom. The van der Waals surface area contributed by atoms with Crippen molar-refractivity contribution >= 4 is 43.3 Å². The molecule has 0 heterocycles. The SMILES string of the molecule is O=C(CC(Nc1ccc(Br)cc1)c1ccc(Br)cc1)c1ccc(F)cc1. The van der Waals surface area contributed by atoms with E-state index in [0.717, 1.165) is 20.2 Å². The molecule has 0 aliphatic rings. The fourth-order valence-corrected chi connectivity index (χ4v) is 3.16. The lowest BCUT2D eigenvalue weighted by molar-refractivity contribution is 0.0976. The summed E-state index contributed by atoms with van der Waals surface area (Å²) in [7, 11) is 0. The van der Waals surface area contributed by atoms with Crippen LogP contribution in [-0.4, -0.2) is 5.78 Å². The number of carbonyl (C=O) groups is 1. The zero-order valence-electron chi connectivity index (χ0n) is 13.8. The first-order valence-corrected chi connectivity index (χ1v) is 9.66. The fourth-order valence-electron chi connectivity index (χ4n) is 2.63. The minimum atomic E-state index is -0.348. The molecule has 0 fully saturated rings. The van der Waals surface area contributed by atoms with Gasteiger partial charge in [0.2, 0.25) is 0 Å². The van der Waals surface area contributed by atoms with Crippen LogP contribution >= 0.6 is 31.9 Å². The Labute approximate surface area is 168 Å². The molecular formula is C21H16Br2FNO. The standard InChI is InChI=1S/C21H16Br2FNO/c22-16-5-1-14(2-6-16)20(25-19-11-7-17(23)8-12-19)13-21(26)15-3-9-18(24)10-4-15/h1-12,20,25H,13H2. The van der Waals surface area contributed by atoms with Crippen LogP contribution in [-0.2, 0) is 0 Å². The molecule has 26 heavy (non-hydrogen) atoms. The summed E-state index contributed by atoms with van der Waals surface area (Å²) in [6, 6.07) is 21.2. The molecule has 2 nitrogen and oxygen atoms in total. The summed E-state index contributed by atoms with van der Waals surface area (Å²) in [4.78, 5) is 12.7. The zero-order valence-corrected chi connectivity index (χ0v) is 16.9. The van der Waals surface area contributed by atoms with E-state index in [1.165, 1.54) is 24.3 Å². The van der Waals surface area contributed by atoms with E-state index in [2.05, 4.69) is 37.2 Å². The highest BCUT2D eigenvalue weighted by atomic mass is 79.9. The highest BCUT2D eigenvalue weighted by Gasteiger charge is 2.17. The van der Waals surface area contributed by atoms with Gasteiger partial charge in [0.05, 0.1) is 6.04 Å². The monoisotopic (exact) mass is 475 g/mol. The molecule has 3 rings (SSSR count). The van der Waals surface area contributed by atoms with Crippen LogP contribution in [0.1, 0.15) is 28.4 Å². The average molecular weight is 477 g/mol. The second-order valence-corrected chi connectivity index (χ2v) is 7.72. The highest BCUT2D eigenvalue weighted by molar-refractivity contribution is 9.10. The van der Waals surface area contributed by atoms with Gasteiger partial charge in [0.1, 0.15) is 5.82 Å². The van der Waals surface area contributed by atoms with Crippen molar-refractivity contribution < 1.29 is 9.18 Å². The van der Waals surface area contributed by atoms with Crippen LogP contribution in [0.2, 0.25) is 0 Å². The number of nitrogens with one attached hydrogen (secondary N) is 1. The van der Waals surface area contributed by atoms with Gasteiger partial charge in [-0.15, -0.1) is 0 Å². The van der Waals surface area contributed by atoms with Crippen LogP contribution in [0, 0.1) is 5.82 Å². The van der Waals surface area contributed by atoms with Gasteiger partial charge in [-0.05, 0) is 66.2 Å². The van der Waals surface area contributed by atoms with Crippen molar-refractivity contribution in [3.8, 4) is 0 Å². The van der Waals surface area contributed by atoms with E-state index in [1.54, 1.807) is 0 Å². The highest BCUT2D eigenvalue weighted by Crippen LogP contribution is 2.26. The second kappa shape index (κ2) is 8.60. The summed E-state index contributed by atoms with van der Waals surface area (Å²) in [6.45, 7) is 0. The summed E-state index contributed by atoms with van der Waals surface area (Å²) >= 11 is 6.86. The molecule has 0 saturated carbocycles. The number of benzene rings is 3. The molecule has 1 N–H and O–H groups in total. The normalized spacial score (nSPS) is 11.8. The number of hydrogen-bond acceptors (Lipinski definition) is 2. The van der Waals surface area contributed by atoms with Crippen molar-refractivity contribution in [3.63, 3.8) is 0 Å². The van der Waals surface area contributed by atoms with Crippen molar-refractivity contribution in [1.82, 2.24) is 0 Å². The topological polar surface area (TPSA) is 29.1 Å². The van der Waals surface area contributed by atoms with Crippen LogP contribution < -0.4 is 5.32 Å². The van der Waals surface area contributed by atoms with E-state index in [0.29, 0.717) is 5.56 Å². The van der Waals surface area contributed by atoms with Gasteiger partial charge in [0, 0.05) is 26.6 Å². The average Bonchev–Trinajstić information content (AvgIpc) is 2.64. The first-order chi connectivity index (χ1) is 12.5. The molecule has 132 valence electrons. The fraction of sp³-hybridized carbons (Fsp3) is 0.0952. The van der Waals surface area contributed by atoms with Gasteiger partial charge in [-0.2, -0.15) is 0 Å². The number of anilines is 1. The van der Waals surface area contributed by atoms with Crippen molar-refractivity contribution in [2.24, 2.45) is 0 Å². The number of Topliss-reactive ketones (excluding diaryl/α,β-unsaturated/α-hetero) is 1. The van der Waals surface area contributed by atoms with Gasteiger partial charge >= 0.3 is 0 Å². The van der Waals surface area contributed by atoms with E-state index in [1.807, 2.05) is 48.5 Å². The number of ketones is 1. The summed E-state index contributed by atoms with van der Waals surface area (Å²) < 4.78 is 15.1. The Hall–Kier alpha value is -1.98. The Morgan fingerprint density at radius 3 is 1.96 bits per heavy atom. The lowest BCUT2D eigenvalue weighted by Crippen LogP contribution is -2.16. The van der Waals surface area contributed by atoms with Crippen LogP contribution in [0.3, 0.4) is 0 Å². The van der Waals surface area contributed by atoms with Crippen LogP contribution in [0.25, 0.3) is 0 Å². The quantitative estimate of drug-likeness (QED) is 0.397. The van der Waals surface area contributed by atoms with E-state index in [-0.39, 0.29) is 24.1 Å². The van der Waals surface area contributed by atoms with E-state index in [4.69, 9.17) is 0 Å². The Bertz CT molecular complexity index is 877. The van der Waals surface area contributed by atoms with Crippen molar-refractivity contribution in [2.75, 3.05) is 5.32 Å². The van der Waals surface area contributed by atoms with Crippen LogP contribution in [0.4, 0.5) is 10.1 Å². The van der Waals surface area contributed by atoms with Crippen LogP contribution in [0.15, 0.2) is 81.7 Å². The summed E-state index contributed by atoms with van der Waals surface area (Å²) in [5.41, 5.74) is 2.44. The molecule has 1 atom stereocenters. The van der Waals surface area contributed by atoms with E-state index in [9.17, 15) is 9.18 Å². The lowest BCUT2D eigenvalue weighted by Gasteiger charge is -2.20. The largest absolute Gasteiger partial charge is 0.378 e. The van der Waals surface area contributed by atoms with E-state index >= 15 is 0 Å². The van der Waals surface area contributed by atoms with E-state index < -0.39 is 0 Å². The third kappa shape index (κ3) is 5.02. The molecule has 5 heteroatoms. The van der Waals surface area contributed by atoms with Crippen molar-refractivity contribution in [2.45, 2.75) is 12.5 Å². The molecule has 1 unspecified atom stereocenters. The maximum absolute atomic E-state index is 13.1. The van der Waals surface area contributed by atoms with Crippen molar-refractivity contribution in [3.05, 3.63) is 98.7 Å². The van der Waals surface area contributed by atoms with Gasteiger partial charge in [0.25, 0.3) is 0 Å². The molecule has 0 radical (unpaired) electrons. The van der Waals surface area contributed by atoms with Gasteiger partial charge in [0.15, 0.2) is 5.78 Å². The third-order valence-electron chi connectivity index (χ3n) is 4.01. The maximum atomic E-state index is 13.1. The molecule has 3 aromatic carbocycles. The first kappa shape index (κ1) is 18.8. The van der Waals surface area contributed by atoms with Gasteiger partial charge < -0.3 is 5.32 Å². The number of hydrogen-bond donors (Lipinski definition) is 1. The molecule has 0 spiro atoms. The molecule has 0 amide bonds. The molecule has 0 bridgehead atoms. The lowest BCUT2D eigenvalue weighted by atomic mass is 9.97. The summed E-state index contributed by atoms with van der Waals surface area (Å²) in [5, 5.41) is 3.42. The summed E-state index contributed by atoms with van der Waals surface area (Å²) in [5.74, 6) is -0.387. The first-order valence-electron chi connectivity index (χ1n) is 8.07. The van der Waals surface area contributed by atoms with Crippen molar-refractivity contribution in [1.29, 1.82) is 0 Å². The molecule has 0 aromatic heterocycles. The Kier molecular flexibility index (Phi) is 6.22. The maximum Gasteiger partial charge on any atom is 0.165 e. The summed E-state index contributed by atoms with van der Waals surface area (Å²) in [6.07, 6.45) is 0.267. The number of rotatable bonds is 6. The minimum Gasteiger partial charge on any atom is -0.378 e. The van der Waals surface area contributed by atoms with Gasteiger partial charge in [-0.3, -0.25) is 4.79 Å². The minimum absolute atomic E-state index is 0.0393. The molecular weight excluding hydrogens is 461 g/mol. The van der Waals surface area contributed by atoms with Gasteiger partial charge in [-0.25, -0.2) is 4.39 Å². The predicted octanol–water partition coefficient (Wildman–Crippen LogP) is 6.78. The third-order valence-corrected chi connectivity index (χ3v) is 5.07. The zero-order chi connectivity index (χ0) is 18.5. The Morgan fingerprint density at radius 2 is 1.38 bits per heavy atom. The van der Waals surface area contributed by atoms with Gasteiger partial charge in [-0.1, -0.05) is 44.0 Å². The molecule has 3 aromatic rings. The molecule has 0 aliphatic carbocycles. The smallest absolute Gasteiger partial charge is 0.165 e. The van der Waals surface area contributed by atoms with Crippen LogP contribution in [0.5, 0.6) is 0 Å². The molecule has 0 aliphatic heterocycles. The second-order valence-electron chi connectivity index (χ2n) is 5.89.